The van der Waals surface area contributed by atoms with Crippen LogP contribution in [0.4, 0.5) is 0 Å². The molecule has 1 saturated heterocycles. The van der Waals surface area contributed by atoms with E-state index in [0.29, 0.717) is 32.4 Å². The Kier molecular flexibility index (Phi) is 8.91. The van der Waals surface area contributed by atoms with Gasteiger partial charge in [-0.25, -0.2) is 4.79 Å². The lowest BCUT2D eigenvalue weighted by Gasteiger charge is -2.33. The van der Waals surface area contributed by atoms with Crippen LogP contribution in [-0.2, 0) is 23.9 Å². The Morgan fingerprint density at radius 2 is 1.71 bits per heavy atom. The lowest BCUT2D eigenvalue weighted by atomic mass is 9.84. The minimum atomic E-state index is -0.683. The second-order valence-electron chi connectivity index (χ2n) is 8.85. The SMILES string of the molecule is COC(=O)C(CC(C)C)NC(=O)CC(C)(C)CC(=O)N1CCC(C(N)=O)CC1. The summed E-state index contributed by atoms with van der Waals surface area (Å²) in [6.07, 6.45) is 2.00. The summed E-state index contributed by atoms with van der Waals surface area (Å²) in [6.45, 7) is 8.66. The number of ether oxygens (including phenoxy) is 1. The topological polar surface area (TPSA) is 119 Å². The molecule has 1 aliphatic rings. The number of carbonyl (C=O) groups excluding carboxylic acids is 4. The summed E-state index contributed by atoms with van der Waals surface area (Å²) in [5, 5.41) is 2.74. The smallest absolute Gasteiger partial charge is 0.328 e. The maximum Gasteiger partial charge on any atom is 0.328 e. The summed E-state index contributed by atoms with van der Waals surface area (Å²) in [7, 11) is 1.30. The van der Waals surface area contributed by atoms with Gasteiger partial charge in [0.15, 0.2) is 0 Å². The van der Waals surface area contributed by atoms with Gasteiger partial charge in [-0.15, -0.1) is 0 Å². The Labute approximate surface area is 167 Å². The zero-order valence-electron chi connectivity index (χ0n) is 17.7. The maximum atomic E-state index is 12.6. The fraction of sp³-hybridized carbons (Fsp3) is 0.800. The van der Waals surface area contributed by atoms with Crippen LogP contribution >= 0.6 is 0 Å². The molecule has 8 heteroatoms. The fourth-order valence-electron chi connectivity index (χ4n) is 3.50. The van der Waals surface area contributed by atoms with Crippen molar-refractivity contribution in [1.82, 2.24) is 10.2 Å². The van der Waals surface area contributed by atoms with Crippen LogP contribution in [0, 0.1) is 17.3 Å². The summed E-state index contributed by atoms with van der Waals surface area (Å²) in [4.78, 5) is 49.9. The minimum Gasteiger partial charge on any atom is -0.467 e. The van der Waals surface area contributed by atoms with E-state index in [1.54, 1.807) is 4.90 Å². The molecular formula is C20H35N3O5. The number of primary amides is 1. The van der Waals surface area contributed by atoms with E-state index in [2.05, 4.69) is 5.32 Å². The first-order chi connectivity index (χ1) is 12.9. The largest absolute Gasteiger partial charge is 0.467 e. The molecule has 3 N–H and O–H groups in total. The highest BCUT2D eigenvalue weighted by Gasteiger charge is 2.32. The van der Waals surface area contributed by atoms with Gasteiger partial charge in [0.2, 0.25) is 17.7 Å². The van der Waals surface area contributed by atoms with E-state index in [4.69, 9.17) is 10.5 Å². The van der Waals surface area contributed by atoms with Crippen LogP contribution in [0.1, 0.15) is 59.8 Å². The van der Waals surface area contributed by atoms with E-state index in [0.717, 1.165) is 0 Å². The van der Waals surface area contributed by atoms with E-state index in [-0.39, 0.29) is 42.4 Å². The van der Waals surface area contributed by atoms with Gasteiger partial charge in [0.1, 0.15) is 6.04 Å². The van der Waals surface area contributed by atoms with Crippen molar-refractivity contribution in [2.45, 2.75) is 65.8 Å². The summed E-state index contributed by atoms with van der Waals surface area (Å²) in [5.74, 6) is -1.03. The second kappa shape index (κ2) is 10.4. The van der Waals surface area contributed by atoms with E-state index in [9.17, 15) is 19.2 Å². The third kappa shape index (κ3) is 7.86. The lowest BCUT2D eigenvalue weighted by Crippen LogP contribution is -2.45. The Balaban J connectivity index is 2.57. The number of hydrogen-bond acceptors (Lipinski definition) is 5. The average molecular weight is 398 g/mol. The Hall–Kier alpha value is -2.12. The Bertz CT molecular complexity index is 580. The second-order valence-corrected chi connectivity index (χ2v) is 8.85. The third-order valence-corrected chi connectivity index (χ3v) is 5.05. The van der Waals surface area contributed by atoms with Crippen LogP contribution in [-0.4, -0.2) is 54.8 Å². The number of rotatable bonds is 9. The number of piperidine rings is 1. The molecule has 3 amide bonds. The van der Waals surface area contributed by atoms with Gasteiger partial charge in [-0.2, -0.15) is 0 Å². The Morgan fingerprint density at radius 1 is 1.14 bits per heavy atom. The highest BCUT2D eigenvalue weighted by atomic mass is 16.5. The maximum absolute atomic E-state index is 12.6. The number of nitrogens with one attached hydrogen (secondary N) is 1. The fourth-order valence-corrected chi connectivity index (χ4v) is 3.50. The first kappa shape index (κ1) is 23.9. The summed E-state index contributed by atoms with van der Waals surface area (Å²) in [5.41, 5.74) is 4.77. The molecular weight excluding hydrogens is 362 g/mol. The summed E-state index contributed by atoms with van der Waals surface area (Å²) < 4.78 is 4.77. The molecule has 8 nitrogen and oxygen atoms in total. The van der Waals surface area contributed by atoms with Gasteiger partial charge in [0.25, 0.3) is 0 Å². The van der Waals surface area contributed by atoms with Crippen molar-refractivity contribution >= 4 is 23.7 Å². The van der Waals surface area contributed by atoms with Crippen molar-refractivity contribution in [3.05, 3.63) is 0 Å². The van der Waals surface area contributed by atoms with Crippen LogP contribution in [0.15, 0.2) is 0 Å². The molecule has 0 radical (unpaired) electrons. The first-order valence-corrected chi connectivity index (χ1v) is 9.89. The molecule has 0 aromatic rings. The van der Waals surface area contributed by atoms with Crippen molar-refractivity contribution < 1.29 is 23.9 Å². The molecule has 0 spiro atoms. The van der Waals surface area contributed by atoms with E-state index in [1.807, 2.05) is 27.7 Å². The van der Waals surface area contributed by atoms with E-state index >= 15 is 0 Å². The molecule has 1 heterocycles. The highest BCUT2D eigenvalue weighted by molar-refractivity contribution is 5.85. The molecule has 0 aromatic carbocycles. The zero-order valence-corrected chi connectivity index (χ0v) is 17.7. The molecule has 0 saturated carbocycles. The molecule has 0 bridgehead atoms. The number of methoxy groups -OCH3 is 1. The Morgan fingerprint density at radius 3 is 2.18 bits per heavy atom. The standard InChI is InChI=1S/C20H35N3O5/c1-13(2)10-15(19(27)28-5)22-16(24)11-20(3,4)12-17(25)23-8-6-14(7-9-23)18(21)26/h13-15H,6-12H2,1-5H3,(H2,21,26)(H,22,24). The molecule has 1 rings (SSSR count). The van der Waals surface area contributed by atoms with Crippen LogP contribution in [0.5, 0.6) is 0 Å². The number of nitrogens with zero attached hydrogens (tertiary/aromatic N) is 1. The molecule has 1 atom stereocenters. The third-order valence-electron chi connectivity index (χ3n) is 5.05. The number of nitrogens with two attached hydrogens (primary N) is 1. The van der Waals surface area contributed by atoms with Crippen molar-refractivity contribution in [2.24, 2.45) is 23.0 Å². The van der Waals surface area contributed by atoms with Crippen molar-refractivity contribution in [2.75, 3.05) is 20.2 Å². The monoisotopic (exact) mass is 397 g/mol. The van der Waals surface area contributed by atoms with E-state index < -0.39 is 17.4 Å². The van der Waals surface area contributed by atoms with Crippen molar-refractivity contribution in [3.8, 4) is 0 Å². The van der Waals surface area contributed by atoms with Crippen LogP contribution < -0.4 is 11.1 Å². The number of amides is 3. The number of hydrogen-bond donors (Lipinski definition) is 2. The minimum absolute atomic E-state index is 0.0348. The van der Waals surface area contributed by atoms with Crippen LogP contribution in [0.2, 0.25) is 0 Å². The highest BCUT2D eigenvalue weighted by Crippen LogP contribution is 2.28. The predicted molar refractivity (Wildman–Crippen MR) is 105 cm³/mol. The molecule has 0 aromatic heterocycles. The van der Waals surface area contributed by atoms with Gasteiger partial charge in [0.05, 0.1) is 7.11 Å². The van der Waals surface area contributed by atoms with Crippen molar-refractivity contribution in [3.63, 3.8) is 0 Å². The predicted octanol–water partition coefficient (Wildman–Crippen LogP) is 1.22. The molecule has 1 fully saturated rings. The van der Waals surface area contributed by atoms with E-state index in [1.165, 1.54) is 7.11 Å². The molecule has 1 unspecified atom stereocenters. The first-order valence-electron chi connectivity index (χ1n) is 9.89. The average Bonchev–Trinajstić information content (AvgIpc) is 2.59. The summed E-state index contributed by atoms with van der Waals surface area (Å²) >= 11 is 0. The summed E-state index contributed by atoms with van der Waals surface area (Å²) in [6, 6.07) is -0.683. The lowest BCUT2D eigenvalue weighted by molar-refractivity contribution is -0.146. The number of likely N-dealkylation sites (tertiary alicyclic amines) is 1. The number of esters is 1. The quantitative estimate of drug-likeness (QED) is 0.567. The molecule has 0 aliphatic carbocycles. The molecule has 1 aliphatic heterocycles. The van der Waals surface area contributed by atoms with Crippen molar-refractivity contribution in [1.29, 1.82) is 0 Å². The van der Waals surface area contributed by atoms with Crippen LogP contribution in [0.25, 0.3) is 0 Å². The number of carbonyl (C=O) groups is 4. The van der Waals surface area contributed by atoms with Gasteiger partial charge in [-0.05, 0) is 30.6 Å². The van der Waals surface area contributed by atoms with Crippen LogP contribution in [0.3, 0.4) is 0 Å². The van der Waals surface area contributed by atoms with Gasteiger partial charge in [-0.3, -0.25) is 14.4 Å². The van der Waals surface area contributed by atoms with Gasteiger partial charge >= 0.3 is 5.97 Å². The van der Waals surface area contributed by atoms with Gasteiger partial charge in [-0.1, -0.05) is 27.7 Å². The zero-order chi connectivity index (χ0) is 21.5. The van der Waals surface area contributed by atoms with Gasteiger partial charge in [0, 0.05) is 31.8 Å². The van der Waals surface area contributed by atoms with Gasteiger partial charge < -0.3 is 20.7 Å². The molecule has 160 valence electrons. The normalized spacial score (nSPS) is 16.6. The molecule has 28 heavy (non-hydrogen) atoms.